The van der Waals surface area contributed by atoms with Crippen LogP contribution in [0, 0.1) is 35.0 Å². The molecular formula is C33H51N. The normalized spacial score (nSPS) is 27.4. The van der Waals surface area contributed by atoms with Crippen molar-refractivity contribution in [3.05, 3.63) is 60.3 Å². The molecular weight excluding hydrogens is 410 g/mol. The first-order chi connectivity index (χ1) is 16.5. The number of rotatable bonds is 15. The third-order valence-electron chi connectivity index (χ3n) is 8.70. The van der Waals surface area contributed by atoms with E-state index >= 15 is 0 Å². The Kier molecular flexibility index (Phi) is 11.1. The zero-order valence-corrected chi connectivity index (χ0v) is 22.3. The molecule has 0 aromatic rings. The molecule has 0 bridgehead atoms. The summed E-state index contributed by atoms with van der Waals surface area (Å²) in [6.07, 6.45) is 30.4. The summed E-state index contributed by atoms with van der Waals surface area (Å²) >= 11 is 0. The maximum absolute atomic E-state index is 8.41. The lowest BCUT2D eigenvalue weighted by Crippen LogP contribution is -2.15. The van der Waals surface area contributed by atoms with Crippen LogP contribution in [-0.2, 0) is 0 Å². The van der Waals surface area contributed by atoms with Gasteiger partial charge in [-0.25, -0.2) is 0 Å². The van der Waals surface area contributed by atoms with Crippen molar-refractivity contribution >= 4 is 5.71 Å². The third kappa shape index (κ3) is 8.86. The van der Waals surface area contributed by atoms with Crippen LogP contribution in [0.2, 0.25) is 0 Å². The SMILES string of the molecule is C=CCCC(=C)C1CC1CC1CCC(CC2=CCC=C(CC(C)C(=N)CCCCC)C=C2)CC1. The molecule has 0 heterocycles. The third-order valence-corrected chi connectivity index (χ3v) is 8.70. The van der Waals surface area contributed by atoms with Gasteiger partial charge in [-0.2, -0.15) is 0 Å². The maximum atomic E-state index is 8.41. The van der Waals surface area contributed by atoms with Crippen molar-refractivity contribution in [3.8, 4) is 0 Å². The highest BCUT2D eigenvalue weighted by Crippen LogP contribution is 2.50. The molecule has 3 aliphatic carbocycles. The van der Waals surface area contributed by atoms with Gasteiger partial charge in [0.25, 0.3) is 0 Å². The van der Waals surface area contributed by atoms with Gasteiger partial charge in [0.2, 0.25) is 0 Å². The van der Waals surface area contributed by atoms with E-state index in [1.54, 1.807) is 5.57 Å². The molecule has 2 fully saturated rings. The lowest BCUT2D eigenvalue weighted by Gasteiger charge is -2.29. The predicted octanol–water partition coefficient (Wildman–Crippen LogP) is 10.2. The van der Waals surface area contributed by atoms with E-state index in [2.05, 4.69) is 51.3 Å². The Balaban J connectivity index is 1.34. The molecule has 3 atom stereocenters. The van der Waals surface area contributed by atoms with E-state index in [0.717, 1.165) is 61.5 Å². The zero-order chi connectivity index (χ0) is 24.3. The van der Waals surface area contributed by atoms with Gasteiger partial charge in [-0.05, 0) is 100 Å². The van der Waals surface area contributed by atoms with Crippen LogP contribution in [0.1, 0.15) is 110 Å². The van der Waals surface area contributed by atoms with Gasteiger partial charge in [0.05, 0.1) is 0 Å². The summed E-state index contributed by atoms with van der Waals surface area (Å²) < 4.78 is 0. The molecule has 0 spiro atoms. The van der Waals surface area contributed by atoms with Gasteiger partial charge in [0.1, 0.15) is 0 Å². The topological polar surface area (TPSA) is 23.9 Å². The van der Waals surface area contributed by atoms with Crippen molar-refractivity contribution in [2.75, 3.05) is 0 Å². The number of allylic oxidation sites excluding steroid dienone is 8. The molecule has 3 unspecified atom stereocenters. The Morgan fingerprint density at radius 1 is 1.06 bits per heavy atom. The predicted molar refractivity (Wildman–Crippen MR) is 150 cm³/mol. The first-order valence-electron chi connectivity index (χ1n) is 14.4. The molecule has 0 aromatic carbocycles. The molecule has 3 aliphatic rings. The summed E-state index contributed by atoms with van der Waals surface area (Å²) in [5, 5.41) is 8.41. The minimum absolute atomic E-state index is 0.370. The fraction of sp³-hybridized carbons (Fsp3) is 0.667. The van der Waals surface area contributed by atoms with E-state index < -0.39 is 0 Å². The Labute approximate surface area is 211 Å². The second kappa shape index (κ2) is 14.1. The monoisotopic (exact) mass is 461 g/mol. The van der Waals surface area contributed by atoms with Crippen molar-refractivity contribution in [2.45, 2.75) is 110 Å². The highest BCUT2D eigenvalue weighted by atomic mass is 14.5. The number of hydrogen-bond acceptors (Lipinski definition) is 1. The first-order valence-corrected chi connectivity index (χ1v) is 14.4. The van der Waals surface area contributed by atoms with Gasteiger partial charge in [-0.15, -0.1) is 6.58 Å². The fourth-order valence-corrected chi connectivity index (χ4v) is 6.22. The molecule has 1 nitrogen and oxygen atoms in total. The molecule has 1 heteroatoms. The van der Waals surface area contributed by atoms with E-state index in [4.69, 9.17) is 5.41 Å². The van der Waals surface area contributed by atoms with E-state index in [9.17, 15) is 0 Å². The molecule has 1 N–H and O–H groups in total. The first kappa shape index (κ1) is 27.0. The molecule has 3 rings (SSSR count). The largest absolute Gasteiger partial charge is 0.309 e. The minimum Gasteiger partial charge on any atom is -0.309 e. The van der Waals surface area contributed by atoms with Crippen molar-refractivity contribution in [1.82, 2.24) is 0 Å². The van der Waals surface area contributed by atoms with Crippen molar-refractivity contribution in [2.24, 2.45) is 29.6 Å². The smallest absolute Gasteiger partial charge is 0.0121 e. The average molecular weight is 462 g/mol. The molecule has 2 saturated carbocycles. The van der Waals surface area contributed by atoms with E-state index in [1.165, 1.54) is 75.4 Å². The quantitative estimate of drug-likeness (QED) is 0.142. The van der Waals surface area contributed by atoms with Gasteiger partial charge in [-0.1, -0.05) is 93.2 Å². The second-order valence-corrected chi connectivity index (χ2v) is 11.6. The van der Waals surface area contributed by atoms with Crippen LogP contribution < -0.4 is 0 Å². The van der Waals surface area contributed by atoms with Gasteiger partial charge in [0, 0.05) is 5.71 Å². The van der Waals surface area contributed by atoms with E-state index in [0.29, 0.717) is 5.92 Å². The number of nitrogens with one attached hydrogen (secondary N) is 1. The van der Waals surface area contributed by atoms with Crippen molar-refractivity contribution < 1.29 is 0 Å². The summed E-state index contributed by atoms with van der Waals surface area (Å²) in [5.74, 6) is 3.96. The molecule has 0 saturated heterocycles. The Bertz CT molecular complexity index is 770. The van der Waals surface area contributed by atoms with Crippen LogP contribution in [0.3, 0.4) is 0 Å². The summed E-state index contributed by atoms with van der Waals surface area (Å²) in [6.45, 7) is 12.7. The van der Waals surface area contributed by atoms with Crippen LogP contribution in [0.25, 0.3) is 0 Å². The lowest BCUT2D eigenvalue weighted by atomic mass is 9.77. The lowest BCUT2D eigenvalue weighted by molar-refractivity contribution is 0.253. The Morgan fingerprint density at radius 3 is 2.50 bits per heavy atom. The molecule has 0 radical (unpaired) electrons. The highest BCUT2D eigenvalue weighted by molar-refractivity contribution is 5.83. The average Bonchev–Trinajstić information content (AvgIpc) is 3.63. The van der Waals surface area contributed by atoms with Crippen molar-refractivity contribution in [1.29, 1.82) is 5.41 Å². The van der Waals surface area contributed by atoms with Gasteiger partial charge >= 0.3 is 0 Å². The minimum atomic E-state index is 0.370. The summed E-state index contributed by atoms with van der Waals surface area (Å²) in [5.41, 5.74) is 5.40. The zero-order valence-electron chi connectivity index (χ0n) is 22.3. The summed E-state index contributed by atoms with van der Waals surface area (Å²) in [4.78, 5) is 0. The molecule has 0 aromatic heterocycles. The number of unbranched alkanes of at least 4 members (excludes halogenated alkanes) is 2. The van der Waals surface area contributed by atoms with Crippen LogP contribution in [-0.4, -0.2) is 5.71 Å². The van der Waals surface area contributed by atoms with Crippen molar-refractivity contribution in [3.63, 3.8) is 0 Å². The molecule has 34 heavy (non-hydrogen) atoms. The standard InChI is InChI=1S/C33H51N/c1-5-7-9-14-33(34)26(4)21-27-12-10-13-28(16-15-27)22-29-17-19-30(20-18-29)23-31-24-32(31)25(3)11-8-6-2/h6,12-13,15-16,26,29-32,34H,2-3,5,7-11,14,17-24H2,1,4H3. The van der Waals surface area contributed by atoms with E-state index in [1.807, 2.05) is 6.08 Å². The van der Waals surface area contributed by atoms with Crippen LogP contribution in [0.4, 0.5) is 0 Å². The molecule has 0 amide bonds. The molecule has 188 valence electrons. The number of hydrogen-bond donors (Lipinski definition) is 1. The van der Waals surface area contributed by atoms with Gasteiger partial charge < -0.3 is 5.41 Å². The van der Waals surface area contributed by atoms with Crippen LogP contribution >= 0.6 is 0 Å². The van der Waals surface area contributed by atoms with Crippen LogP contribution in [0.5, 0.6) is 0 Å². The van der Waals surface area contributed by atoms with E-state index in [-0.39, 0.29) is 0 Å². The van der Waals surface area contributed by atoms with Gasteiger partial charge in [0.15, 0.2) is 0 Å². The van der Waals surface area contributed by atoms with Gasteiger partial charge in [-0.3, -0.25) is 0 Å². The molecule has 0 aliphatic heterocycles. The Hall–Kier alpha value is -1.63. The summed E-state index contributed by atoms with van der Waals surface area (Å²) in [7, 11) is 0. The Morgan fingerprint density at radius 2 is 1.76 bits per heavy atom. The maximum Gasteiger partial charge on any atom is 0.0121 e. The summed E-state index contributed by atoms with van der Waals surface area (Å²) in [6, 6.07) is 0. The fourth-order valence-electron chi connectivity index (χ4n) is 6.22. The second-order valence-electron chi connectivity index (χ2n) is 11.6. The highest BCUT2D eigenvalue weighted by Gasteiger charge is 2.40. The van der Waals surface area contributed by atoms with Crippen LogP contribution in [0.15, 0.2) is 60.3 Å².